The number of hydrogen-bond donors (Lipinski definition) is 0. The lowest BCUT2D eigenvalue weighted by molar-refractivity contribution is 0.717. The predicted molar refractivity (Wildman–Crippen MR) is 72.9 cm³/mol. The number of hydrogen-bond acceptors (Lipinski definition) is 2. The molecule has 1 atom stereocenters. The van der Waals surface area contributed by atoms with E-state index in [0.717, 1.165) is 30.1 Å². The van der Waals surface area contributed by atoms with Crippen LogP contribution in [0.15, 0.2) is 30.3 Å². The smallest absolute Gasteiger partial charge is 0.136 e. The molecule has 3 heteroatoms. The van der Waals surface area contributed by atoms with Crippen LogP contribution < -0.4 is 0 Å². The Hall–Kier alpha value is -1.41. The van der Waals surface area contributed by atoms with Crippen LogP contribution >= 0.6 is 11.6 Å². The van der Waals surface area contributed by atoms with Gasteiger partial charge in [0.15, 0.2) is 0 Å². The second-order valence-electron chi connectivity index (χ2n) is 4.78. The maximum absolute atomic E-state index is 5.89. The van der Waals surface area contributed by atoms with E-state index in [-0.39, 0.29) is 0 Å². The second kappa shape index (κ2) is 4.69. The van der Waals surface area contributed by atoms with Crippen LogP contribution in [0, 0.1) is 6.92 Å². The molecule has 1 aliphatic rings. The van der Waals surface area contributed by atoms with E-state index in [0.29, 0.717) is 11.8 Å². The molecule has 0 bridgehead atoms. The summed E-state index contributed by atoms with van der Waals surface area (Å²) < 4.78 is 0. The van der Waals surface area contributed by atoms with Crippen molar-refractivity contribution in [2.24, 2.45) is 0 Å². The van der Waals surface area contributed by atoms with Crippen molar-refractivity contribution >= 4 is 11.6 Å². The van der Waals surface area contributed by atoms with Gasteiger partial charge in [0.25, 0.3) is 0 Å². The Labute approximate surface area is 112 Å². The summed E-state index contributed by atoms with van der Waals surface area (Å²) in [6, 6.07) is 10.5. The van der Waals surface area contributed by atoms with Crippen LogP contribution in [0.2, 0.25) is 0 Å². The molecular weight excluding hydrogens is 244 g/mol. The van der Waals surface area contributed by atoms with E-state index in [1.807, 2.05) is 13.0 Å². The first-order valence-electron chi connectivity index (χ1n) is 6.26. The summed E-state index contributed by atoms with van der Waals surface area (Å²) in [5.74, 6) is 1.71. The fraction of sp³-hybridized carbons (Fsp3) is 0.333. The first-order chi connectivity index (χ1) is 8.78. The first kappa shape index (κ1) is 11.7. The lowest BCUT2D eigenvalue weighted by Gasteiger charge is -2.11. The van der Waals surface area contributed by atoms with Gasteiger partial charge in [-0.15, -0.1) is 11.6 Å². The van der Waals surface area contributed by atoms with Crippen molar-refractivity contribution in [1.29, 1.82) is 0 Å². The topological polar surface area (TPSA) is 25.8 Å². The Kier molecular flexibility index (Phi) is 3.04. The molecule has 1 aromatic heterocycles. The quantitative estimate of drug-likeness (QED) is 0.769. The fourth-order valence-electron chi connectivity index (χ4n) is 2.71. The molecule has 0 fully saturated rings. The van der Waals surface area contributed by atoms with Crippen molar-refractivity contribution in [1.82, 2.24) is 9.97 Å². The van der Waals surface area contributed by atoms with Crippen LogP contribution in [0.3, 0.4) is 0 Å². The molecular formula is C15H15ClN2. The first-order valence-corrected chi connectivity index (χ1v) is 6.79. The number of rotatable bonds is 2. The minimum atomic E-state index is 0.336. The zero-order valence-corrected chi connectivity index (χ0v) is 11.1. The fourth-order valence-corrected chi connectivity index (χ4v) is 2.85. The highest BCUT2D eigenvalue weighted by atomic mass is 35.5. The van der Waals surface area contributed by atoms with Crippen LogP contribution in [0.25, 0.3) is 0 Å². The van der Waals surface area contributed by atoms with E-state index in [2.05, 4.69) is 34.2 Å². The van der Waals surface area contributed by atoms with Gasteiger partial charge in [-0.1, -0.05) is 24.3 Å². The largest absolute Gasteiger partial charge is 0.238 e. The number of benzene rings is 1. The Morgan fingerprint density at radius 3 is 2.94 bits per heavy atom. The van der Waals surface area contributed by atoms with Crippen LogP contribution in [0.5, 0.6) is 0 Å². The highest BCUT2D eigenvalue weighted by Crippen LogP contribution is 2.36. The molecule has 1 unspecified atom stereocenters. The predicted octanol–water partition coefficient (Wildman–Crippen LogP) is 3.60. The summed E-state index contributed by atoms with van der Waals surface area (Å²) in [7, 11) is 0. The molecule has 0 aliphatic heterocycles. The average Bonchev–Trinajstić information content (AvgIpc) is 2.81. The Morgan fingerprint density at radius 2 is 2.11 bits per heavy atom. The van der Waals surface area contributed by atoms with E-state index >= 15 is 0 Å². The van der Waals surface area contributed by atoms with Gasteiger partial charge in [0.1, 0.15) is 5.82 Å². The van der Waals surface area contributed by atoms with Gasteiger partial charge in [0, 0.05) is 11.6 Å². The van der Waals surface area contributed by atoms with Gasteiger partial charge in [0.05, 0.1) is 11.6 Å². The molecule has 18 heavy (non-hydrogen) atoms. The molecule has 0 saturated heterocycles. The number of fused-ring (bicyclic) bond motifs is 1. The normalized spacial score (nSPS) is 17.8. The third kappa shape index (κ3) is 2.01. The standard InChI is InChI=1S/C15H15ClN2/c1-10-8-12(9-16)18-15(17-10)14-7-6-11-4-2-3-5-13(11)14/h2-5,8,14H,6-7,9H2,1H3. The van der Waals surface area contributed by atoms with E-state index in [4.69, 9.17) is 11.6 Å². The maximum atomic E-state index is 5.89. The number of nitrogens with zero attached hydrogens (tertiary/aromatic N) is 2. The van der Waals surface area contributed by atoms with Crippen molar-refractivity contribution in [3.8, 4) is 0 Å². The Morgan fingerprint density at radius 1 is 1.28 bits per heavy atom. The summed E-state index contributed by atoms with van der Waals surface area (Å²) in [4.78, 5) is 9.18. The van der Waals surface area contributed by atoms with Crippen molar-refractivity contribution in [3.05, 3.63) is 58.7 Å². The Bertz CT molecular complexity index is 580. The van der Waals surface area contributed by atoms with Crippen LogP contribution in [-0.2, 0) is 12.3 Å². The van der Waals surface area contributed by atoms with Crippen LogP contribution in [-0.4, -0.2) is 9.97 Å². The molecule has 0 spiro atoms. The van der Waals surface area contributed by atoms with Gasteiger partial charge in [-0.25, -0.2) is 9.97 Å². The molecule has 1 aromatic carbocycles. The summed E-state index contributed by atoms with van der Waals surface area (Å²) >= 11 is 5.89. The van der Waals surface area contributed by atoms with Gasteiger partial charge in [-0.2, -0.15) is 0 Å². The molecule has 1 heterocycles. The van der Waals surface area contributed by atoms with Gasteiger partial charge < -0.3 is 0 Å². The van der Waals surface area contributed by atoms with Crippen molar-refractivity contribution in [3.63, 3.8) is 0 Å². The van der Waals surface area contributed by atoms with Crippen LogP contribution in [0.4, 0.5) is 0 Å². The van der Waals surface area contributed by atoms with E-state index in [1.54, 1.807) is 0 Å². The SMILES string of the molecule is Cc1cc(CCl)nc(C2CCc3ccccc32)n1. The van der Waals surface area contributed by atoms with E-state index in [1.165, 1.54) is 11.1 Å². The maximum Gasteiger partial charge on any atom is 0.136 e. The number of aryl methyl sites for hydroxylation is 2. The van der Waals surface area contributed by atoms with Crippen molar-refractivity contribution < 1.29 is 0 Å². The Balaban J connectivity index is 2.04. The van der Waals surface area contributed by atoms with Gasteiger partial charge in [-0.3, -0.25) is 0 Å². The third-order valence-electron chi connectivity index (χ3n) is 3.51. The van der Waals surface area contributed by atoms with Crippen LogP contribution in [0.1, 0.15) is 40.7 Å². The van der Waals surface area contributed by atoms with E-state index in [9.17, 15) is 0 Å². The van der Waals surface area contributed by atoms with Crippen molar-refractivity contribution in [2.75, 3.05) is 0 Å². The lowest BCUT2D eigenvalue weighted by atomic mass is 10.0. The summed E-state index contributed by atoms with van der Waals surface area (Å²) in [5.41, 5.74) is 4.73. The molecule has 1 aliphatic carbocycles. The number of alkyl halides is 1. The summed E-state index contributed by atoms with van der Waals surface area (Å²) in [5, 5.41) is 0. The monoisotopic (exact) mass is 258 g/mol. The zero-order valence-electron chi connectivity index (χ0n) is 10.4. The zero-order chi connectivity index (χ0) is 12.5. The van der Waals surface area contributed by atoms with Gasteiger partial charge in [-0.05, 0) is 37.0 Å². The summed E-state index contributed by atoms with van der Waals surface area (Å²) in [6.45, 7) is 2.00. The van der Waals surface area contributed by atoms with Gasteiger partial charge in [0.2, 0.25) is 0 Å². The summed E-state index contributed by atoms with van der Waals surface area (Å²) in [6.07, 6.45) is 2.22. The molecule has 3 rings (SSSR count). The molecule has 0 radical (unpaired) electrons. The average molecular weight is 259 g/mol. The third-order valence-corrected chi connectivity index (χ3v) is 3.78. The van der Waals surface area contributed by atoms with Crippen molar-refractivity contribution in [2.45, 2.75) is 31.6 Å². The minimum absolute atomic E-state index is 0.336. The molecule has 92 valence electrons. The highest BCUT2D eigenvalue weighted by molar-refractivity contribution is 6.16. The lowest BCUT2D eigenvalue weighted by Crippen LogP contribution is -2.06. The molecule has 0 saturated carbocycles. The second-order valence-corrected chi connectivity index (χ2v) is 5.05. The molecule has 2 aromatic rings. The molecule has 2 nitrogen and oxygen atoms in total. The highest BCUT2D eigenvalue weighted by Gasteiger charge is 2.26. The number of aromatic nitrogens is 2. The molecule has 0 amide bonds. The van der Waals surface area contributed by atoms with Gasteiger partial charge >= 0.3 is 0 Å². The minimum Gasteiger partial charge on any atom is -0.238 e. The molecule has 0 N–H and O–H groups in total. The van der Waals surface area contributed by atoms with E-state index < -0.39 is 0 Å². The number of halogens is 1.